The van der Waals surface area contributed by atoms with Gasteiger partial charge in [-0.15, -0.1) is 0 Å². The van der Waals surface area contributed by atoms with Crippen LogP contribution in [0.1, 0.15) is 6.42 Å². The van der Waals surface area contributed by atoms with E-state index in [1.54, 1.807) is 0 Å². The van der Waals surface area contributed by atoms with Crippen molar-refractivity contribution in [3.8, 4) is 0 Å². The second kappa shape index (κ2) is 9.88. The Balaban J connectivity index is 2.91. The molecule has 0 spiro atoms. The molecule has 0 aliphatic rings. The molecular formula is C8H23N5. The highest BCUT2D eigenvalue weighted by Gasteiger charge is 1.96. The summed E-state index contributed by atoms with van der Waals surface area (Å²) < 4.78 is 0. The Kier molecular flexibility index (Phi) is 9.73. The van der Waals surface area contributed by atoms with Gasteiger partial charge in [0.15, 0.2) is 0 Å². The maximum atomic E-state index is 5.61. The molecule has 0 aromatic heterocycles. The maximum Gasteiger partial charge on any atom is 0.0290 e. The first kappa shape index (κ1) is 12.8. The van der Waals surface area contributed by atoms with Crippen LogP contribution in [-0.2, 0) is 0 Å². The molecule has 13 heavy (non-hydrogen) atoms. The molecule has 0 aromatic carbocycles. The summed E-state index contributed by atoms with van der Waals surface area (Å²) in [6.07, 6.45) is 1.03. The van der Waals surface area contributed by atoms with E-state index in [9.17, 15) is 0 Å². The van der Waals surface area contributed by atoms with Crippen LogP contribution in [0, 0.1) is 0 Å². The quantitative estimate of drug-likeness (QED) is 0.265. The molecular weight excluding hydrogens is 166 g/mol. The van der Waals surface area contributed by atoms with Crippen molar-refractivity contribution in [3.63, 3.8) is 0 Å². The number of hydrogen-bond donors (Lipinski definition) is 5. The first-order valence-electron chi connectivity index (χ1n) is 4.88. The highest BCUT2D eigenvalue weighted by Crippen LogP contribution is 1.70. The van der Waals surface area contributed by atoms with Crippen molar-refractivity contribution in [3.05, 3.63) is 0 Å². The zero-order valence-corrected chi connectivity index (χ0v) is 8.26. The average Bonchev–Trinajstić information content (AvgIpc) is 2.16. The van der Waals surface area contributed by atoms with Gasteiger partial charge >= 0.3 is 0 Å². The van der Waals surface area contributed by atoms with E-state index in [1.807, 2.05) is 0 Å². The van der Waals surface area contributed by atoms with E-state index >= 15 is 0 Å². The van der Waals surface area contributed by atoms with Crippen LogP contribution in [0.4, 0.5) is 0 Å². The Labute approximate surface area is 80.4 Å². The van der Waals surface area contributed by atoms with Gasteiger partial charge in [0.2, 0.25) is 0 Å². The molecule has 1 unspecified atom stereocenters. The Morgan fingerprint density at radius 1 is 1.00 bits per heavy atom. The summed E-state index contributed by atoms with van der Waals surface area (Å²) >= 11 is 0. The number of nitrogens with two attached hydrogens (primary N) is 3. The van der Waals surface area contributed by atoms with Gasteiger partial charge < -0.3 is 27.8 Å². The molecule has 5 nitrogen and oxygen atoms in total. The highest BCUT2D eigenvalue weighted by atomic mass is 15.0. The molecule has 5 heteroatoms. The molecule has 0 rings (SSSR count). The zero-order chi connectivity index (χ0) is 9.94. The summed E-state index contributed by atoms with van der Waals surface area (Å²) in [4.78, 5) is 0. The second-order valence-corrected chi connectivity index (χ2v) is 3.09. The lowest BCUT2D eigenvalue weighted by Crippen LogP contribution is -2.41. The fourth-order valence-electron chi connectivity index (χ4n) is 0.900. The van der Waals surface area contributed by atoms with Gasteiger partial charge in [0.05, 0.1) is 0 Å². The third-order valence-electron chi connectivity index (χ3n) is 1.75. The van der Waals surface area contributed by atoms with Crippen LogP contribution in [0.5, 0.6) is 0 Å². The van der Waals surface area contributed by atoms with Gasteiger partial charge in [-0.25, -0.2) is 0 Å². The molecule has 0 bridgehead atoms. The summed E-state index contributed by atoms with van der Waals surface area (Å²) in [6.45, 7) is 4.94. The monoisotopic (exact) mass is 189 g/mol. The standard InChI is InChI=1S/C8H23N5/c9-2-1-3-12-4-5-13-7-8(11)6-10/h8,12-13H,1-7,9-11H2. The van der Waals surface area contributed by atoms with Crippen molar-refractivity contribution in [1.82, 2.24) is 10.6 Å². The number of hydrogen-bond acceptors (Lipinski definition) is 5. The van der Waals surface area contributed by atoms with Gasteiger partial charge in [0.1, 0.15) is 0 Å². The summed E-state index contributed by atoms with van der Waals surface area (Å²) in [5.41, 5.74) is 16.3. The SMILES string of the molecule is NCCCNCCNCC(N)CN. The molecule has 0 aliphatic carbocycles. The van der Waals surface area contributed by atoms with Crippen LogP contribution in [-0.4, -0.2) is 45.3 Å². The number of nitrogens with one attached hydrogen (secondary N) is 2. The van der Waals surface area contributed by atoms with Crippen LogP contribution in [0.15, 0.2) is 0 Å². The average molecular weight is 189 g/mol. The topological polar surface area (TPSA) is 102 Å². The summed E-state index contributed by atoms with van der Waals surface area (Å²) in [5, 5.41) is 6.48. The minimum Gasteiger partial charge on any atom is -0.330 e. The molecule has 0 saturated heterocycles. The minimum atomic E-state index is 0.0732. The molecule has 80 valence electrons. The van der Waals surface area contributed by atoms with Crippen LogP contribution >= 0.6 is 0 Å². The smallest absolute Gasteiger partial charge is 0.0290 e. The van der Waals surface area contributed by atoms with E-state index < -0.39 is 0 Å². The summed E-state index contributed by atoms with van der Waals surface area (Å²) in [7, 11) is 0. The molecule has 1 atom stereocenters. The van der Waals surface area contributed by atoms with Gasteiger partial charge in [0.25, 0.3) is 0 Å². The Morgan fingerprint density at radius 2 is 1.69 bits per heavy atom. The highest BCUT2D eigenvalue weighted by molar-refractivity contribution is 4.64. The van der Waals surface area contributed by atoms with Crippen LogP contribution < -0.4 is 27.8 Å². The predicted octanol–water partition coefficient (Wildman–Crippen LogP) is -2.20. The van der Waals surface area contributed by atoms with E-state index in [1.165, 1.54) is 0 Å². The summed E-state index contributed by atoms with van der Waals surface area (Å²) in [5.74, 6) is 0. The van der Waals surface area contributed by atoms with Crippen molar-refractivity contribution in [2.24, 2.45) is 17.2 Å². The Hall–Kier alpha value is -0.200. The third kappa shape index (κ3) is 9.72. The molecule has 0 amide bonds. The lowest BCUT2D eigenvalue weighted by atomic mass is 10.3. The fraction of sp³-hybridized carbons (Fsp3) is 1.00. The van der Waals surface area contributed by atoms with E-state index in [-0.39, 0.29) is 6.04 Å². The molecule has 0 radical (unpaired) electrons. The van der Waals surface area contributed by atoms with Gasteiger partial charge in [-0.05, 0) is 19.5 Å². The van der Waals surface area contributed by atoms with Crippen molar-refractivity contribution < 1.29 is 0 Å². The molecule has 8 N–H and O–H groups in total. The normalized spacial score (nSPS) is 13.2. The zero-order valence-electron chi connectivity index (χ0n) is 8.26. The number of rotatable bonds is 9. The van der Waals surface area contributed by atoms with Crippen molar-refractivity contribution in [2.75, 3.05) is 39.3 Å². The molecule has 0 heterocycles. The van der Waals surface area contributed by atoms with Crippen molar-refractivity contribution >= 4 is 0 Å². The van der Waals surface area contributed by atoms with Crippen molar-refractivity contribution in [1.29, 1.82) is 0 Å². The first-order chi connectivity index (χ1) is 6.31. The third-order valence-corrected chi connectivity index (χ3v) is 1.75. The first-order valence-corrected chi connectivity index (χ1v) is 4.88. The molecule has 0 aliphatic heterocycles. The van der Waals surface area contributed by atoms with E-state index in [0.29, 0.717) is 6.54 Å². The fourth-order valence-corrected chi connectivity index (χ4v) is 0.900. The van der Waals surface area contributed by atoms with E-state index in [2.05, 4.69) is 10.6 Å². The molecule has 0 saturated carbocycles. The van der Waals surface area contributed by atoms with Gasteiger partial charge in [-0.2, -0.15) is 0 Å². The largest absolute Gasteiger partial charge is 0.330 e. The van der Waals surface area contributed by atoms with E-state index in [4.69, 9.17) is 17.2 Å². The Morgan fingerprint density at radius 3 is 2.31 bits per heavy atom. The summed E-state index contributed by atoms with van der Waals surface area (Å²) in [6, 6.07) is 0.0732. The predicted molar refractivity (Wildman–Crippen MR) is 56.4 cm³/mol. The lowest BCUT2D eigenvalue weighted by molar-refractivity contribution is 0.555. The lowest BCUT2D eigenvalue weighted by Gasteiger charge is -2.10. The maximum absolute atomic E-state index is 5.61. The molecule has 0 fully saturated rings. The second-order valence-electron chi connectivity index (χ2n) is 3.09. The van der Waals surface area contributed by atoms with Crippen LogP contribution in [0.2, 0.25) is 0 Å². The van der Waals surface area contributed by atoms with Gasteiger partial charge in [-0.1, -0.05) is 0 Å². The van der Waals surface area contributed by atoms with Crippen LogP contribution in [0.3, 0.4) is 0 Å². The van der Waals surface area contributed by atoms with E-state index in [0.717, 1.165) is 39.1 Å². The molecule has 0 aromatic rings. The van der Waals surface area contributed by atoms with Crippen molar-refractivity contribution in [2.45, 2.75) is 12.5 Å². The minimum absolute atomic E-state index is 0.0732. The Bertz CT molecular complexity index is 98.5. The van der Waals surface area contributed by atoms with Crippen LogP contribution in [0.25, 0.3) is 0 Å². The van der Waals surface area contributed by atoms with Gasteiger partial charge in [0, 0.05) is 32.2 Å². The van der Waals surface area contributed by atoms with Gasteiger partial charge in [-0.3, -0.25) is 0 Å².